The second-order valence-electron chi connectivity index (χ2n) is 3.97. The van der Waals surface area contributed by atoms with Gasteiger partial charge in [0.2, 0.25) is 0 Å². The largest absolute Gasteiger partial charge is 0.487 e. The third kappa shape index (κ3) is 3.24. The van der Waals surface area contributed by atoms with E-state index < -0.39 is 0 Å². The summed E-state index contributed by atoms with van der Waals surface area (Å²) in [5.74, 6) is 0.342. The molecular weight excluding hydrogens is 319 g/mol. The second kappa shape index (κ2) is 5.72. The third-order valence-electron chi connectivity index (χ3n) is 2.47. The zero-order valence-corrected chi connectivity index (χ0v) is 12.1. The molecule has 0 spiro atoms. The highest BCUT2D eigenvalue weighted by molar-refractivity contribution is 9.10. The average Bonchev–Trinajstić information content (AvgIpc) is 2.32. The molecule has 18 heavy (non-hydrogen) atoms. The van der Waals surface area contributed by atoms with Crippen LogP contribution < -0.4 is 4.74 Å². The quantitative estimate of drug-likeness (QED) is 0.758. The molecule has 0 atom stereocenters. The maximum atomic E-state index is 13.1. The molecule has 0 aromatic heterocycles. The van der Waals surface area contributed by atoms with E-state index in [1.165, 1.54) is 6.07 Å². The van der Waals surface area contributed by atoms with Crippen LogP contribution in [0.2, 0.25) is 5.02 Å². The van der Waals surface area contributed by atoms with Crippen molar-refractivity contribution in [3.05, 3.63) is 62.8 Å². The van der Waals surface area contributed by atoms with E-state index in [2.05, 4.69) is 15.9 Å². The number of rotatable bonds is 3. The molecule has 0 unspecified atom stereocenters. The molecule has 0 aliphatic rings. The van der Waals surface area contributed by atoms with Gasteiger partial charge in [0.1, 0.15) is 18.2 Å². The first kappa shape index (κ1) is 13.4. The fraction of sp³-hybridized carbons (Fsp3) is 0.143. The summed E-state index contributed by atoms with van der Waals surface area (Å²) < 4.78 is 19.1. The Morgan fingerprint density at radius 1 is 1.22 bits per heavy atom. The molecule has 2 aromatic carbocycles. The van der Waals surface area contributed by atoms with Crippen molar-refractivity contribution >= 4 is 27.5 Å². The Hall–Kier alpha value is -1.06. The molecular formula is C14H11BrClFO. The lowest BCUT2D eigenvalue weighted by molar-refractivity contribution is 0.306. The van der Waals surface area contributed by atoms with Crippen LogP contribution in [0.1, 0.15) is 11.1 Å². The molecule has 2 aromatic rings. The van der Waals surface area contributed by atoms with E-state index in [4.69, 9.17) is 16.3 Å². The van der Waals surface area contributed by atoms with Crippen molar-refractivity contribution in [3.8, 4) is 5.75 Å². The summed E-state index contributed by atoms with van der Waals surface area (Å²) in [6.45, 7) is 2.31. The zero-order valence-electron chi connectivity index (χ0n) is 9.71. The normalized spacial score (nSPS) is 10.4. The summed E-state index contributed by atoms with van der Waals surface area (Å²) in [6.07, 6.45) is 0. The highest BCUT2D eigenvalue weighted by Crippen LogP contribution is 2.26. The number of aryl methyl sites for hydroxylation is 1. The van der Waals surface area contributed by atoms with Crippen molar-refractivity contribution in [2.24, 2.45) is 0 Å². The van der Waals surface area contributed by atoms with Gasteiger partial charge in [0.25, 0.3) is 0 Å². The van der Waals surface area contributed by atoms with Crippen LogP contribution in [-0.2, 0) is 6.61 Å². The van der Waals surface area contributed by atoms with Crippen molar-refractivity contribution in [1.29, 1.82) is 0 Å². The summed E-state index contributed by atoms with van der Waals surface area (Å²) >= 11 is 9.20. The highest BCUT2D eigenvalue weighted by Gasteiger charge is 2.04. The van der Waals surface area contributed by atoms with E-state index >= 15 is 0 Å². The third-order valence-corrected chi connectivity index (χ3v) is 3.37. The van der Waals surface area contributed by atoms with E-state index in [9.17, 15) is 4.39 Å². The lowest BCUT2D eigenvalue weighted by atomic mass is 10.2. The van der Waals surface area contributed by atoms with Gasteiger partial charge in [-0.3, -0.25) is 0 Å². The predicted octanol–water partition coefficient (Wildman–Crippen LogP) is 5.13. The monoisotopic (exact) mass is 328 g/mol. The van der Waals surface area contributed by atoms with Crippen LogP contribution in [0.15, 0.2) is 40.9 Å². The van der Waals surface area contributed by atoms with Gasteiger partial charge in [0.15, 0.2) is 0 Å². The van der Waals surface area contributed by atoms with Gasteiger partial charge in [0.05, 0.1) is 9.50 Å². The molecule has 94 valence electrons. The fourth-order valence-electron chi connectivity index (χ4n) is 1.51. The van der Waals surface area contributed by atoms with E-state index in [-0.39, 0.29) is 5.82 Å². The molecule has 0 heterocycles. The van der Waals surface area contributed by atoms with Gasteiger partial charge in [-0.15, -0.1) is 0 Å². The molecule has 4 heteroatoms. The van der Waals surface area contributed by atoms with E-state index in [1.807, 2.05) is 25.1 Å². The molecule has 0 saturated heterocycles. The first-order valence-electron chi connectivity index (χ1n) is 5.39. The minimum absolute atomic E-state index is 0.285. The minimum atomic E-state index is -0.285. The molecule has 0 fully saturated rings. The molecule has 0 saturated carbocycles. The number of hydrogen-bond donors (Lipinski definition) is 0. The number of benzene rings is 2. The molecule has 0 radical (unpaired) electrons. The van der Waals surface area contributed by atoms with Crippen molar-refractivity contribution in [3.63, 3.8) is 0 Å². The van der Waals surface area contributed by atoms with Crippen LogP contribution in [0.3, 0.4) is 0 Å². The van der Waals surface area contributed by atoms with Gasteiger partial charge in [-0.2, -0.15) is 0 Å². The lowest BCUT2D eigenvalue weighted by Crippen LogP contribution is -1.96. The zero-order chi connectivity index (χ0) is 13.1. The molecule has 0 aliphatic carbocycles. The Labute approximate surface area is 119 Å². The van der Waals surface area contributed by atoms with Crippen molar-refractivity contribution in [2.75, 3.05) is 0 Å². The average molecular weight is 330 g/mol. The minimum Gasteiger partial charge on any atom is -0.487 e. The van der Waals surface area contributed by atoms with Crippen LogP contribution >= 0.6 is 27.5 Å². The molecule has 0 amide bonds. The van der Waals surface area contributed by atoms with E-state index in [0.29, 0.717) is 21.9 Å². The lowest BCUT2D eigenvalue weighted by Gasteiger charge is -2.09. The summed E-state index contributed by atoms with van der Waals surface area (Å²) in [5.41, 5.74) is 1.96. The maximum absolute atomic E-state index is 13.1. The first-order chi connectivity index (χ1) is 8.56. The second-order valence-corrected chi connectivity index (χ2v) is 5.23. The predicted molar refractivity (Wildman–Crippen MR) is 74.6 cm³/mol. The van der Waals surface area contributed by atoms with Gasteiger partial charge >= 0.3 is 0 Å². The van der Waals surface area contributed by atoms with Crippen molar-refractivity contribution in [2.45, 2.75) is 13.5 Å². The number of ether oxygens (including phenoxy) is 1. The smallest absolute Gasteiger partial charge is 0.138 e. The Balaban J connectivity index is 2.09. The van der Waals surface area contributed by atoms with Gasteiger partial charge < -0.3 is 4.74 Å². The van der Waals surface area contributed by atoms with Gasteiger partial charge in [-0.25, -0.2) is 4.39 Å². The number of hydrogen-bond acceptors (Lipinski definition) is 1. The van der Waals surface area contributed by atoms with Crippen LogP contribution in [-0.4, -0.2) is 0 Å². The molecule has 0 N–H and O–H groups in total. The van der Waals surface area contributed by atoms with Gasteiger partial charge in [-0.05, 0) is 58.2 Å². The summed E-state index contributed by atoms with van der Waals surface area (Å²) in [6, 6.07) is 10.4. The highest BCUT2D eigenvalue weighted by atomic mass is 79.9. The Morgan fingerprint density at radius 2 is 2.00 bits per heavy atom. The van der Waals surface area contributed by atoms with E-state index in [0.717, 1.165) is 11.1 Å². The summed E-state index contributed by atoms with van der Waals surface area (Å²) in [5, 5.41) is 0.580. The Morgan fingerprint density at radius 3 is 2.67 bits per heavy atom. The van der Waals surface area contributed by atoms with Crippen LogP contribution in [0, 0.1) is 12.7 Å². The summed E-state index contributed by atoms with van der Waals surface area (Å²) in [7, 11) is 0. The molecule has 0 bridgehead atoms. The topological polar surface area (TPSA) is 9.23 Å². The molecule has 1 nitrogen and oxygen atoms in total. The Bertz CT molecular complexity index is 572. The van der Waals surface area contributed by atoms with Gasteiger partial charge in [-0.1, -0.05) is 23.7 Å². The molecule has 2 rings (SSSR count). The van der Waals surface area contributed by atoms with Crippen molar-refractivity contribution in [1.82, 2.24) is 0 Å². The Kier molecular flexibility index (Phi) is 4.25. The van der Waals surface area contributed by atoms with E-state index in [1.54, 1.807) is 12.1 Å². The van der Waals surface area contributed by atoms with Crippen LogP contribution in [0.5, 0.6) is 5.75 Å². The fourth-order valence-corrected chi connectivity index (χ4v) is 2.23. The van der Waals surface area contributed by atoms with Crippen molar-refractivity contribution < 1.29 is 9.13 Å². The SMILES string of the molecule is Cc1ccc(OCc2ccc(F)c(Br)c2)c(Cl)c1. The first-order valence-corrected chi connectivity index (χ1v) is 6.56. The molecule has 0 aliphatic heterocycles. The van der Waals surface area contributed by atoms with Crippen LogP contribution in [0.25, 0.3) is 0 Å². The standard InChI is InChI=1S/C14H11BrClFO/c1-9-2-5-14(12(16)6-9)18-8-10-3-4-13(17)11(15)7-10/h2-7H,8H2,1H3. The van der Waals surface area contributed by atoms with Crippen LogP contribution in [0.4, 0.5) is 4.39 Å². The van der Waals surface area contributed by atoms with Gasteiger partial charge in [0, 0.05) is 0 Å². The maximum Gasteiger partial charge on any atom is 0.138 e. The number of halogens is 3. The summed E-state index contributed by atoms with van der Waals surface area (Å²) in [4.78, 5) is 0.